The molecule has 5 heteroatoms. The molecule has 0 amide bonds. The Morgan fingerprint density at radius 2 is 1.79 bits per heavy atom. The van der Waals surface area contributed by atoms with Crippen LogP contribution in [0, 0.1) is 18.6 Å². The van der Waals surface area contributed by atoms with Crippen molar-refractivity contribution in [2.24, 2.45) is 0 Å². The third-order valence-electron chi connectivity index (χ3n) is 2.78. The summed E-state index contributed by atoms with van der Waals surface area (Å²) in [5, 5.41) is -0.434. The van der Waals surface area contributed by atoms with Crippen LogP contribution in [0.2, 0.25) is 5.02 Å². The number of alkyl halides is 1. The largest absolute Gasteiger partial charge is 0.207 e. The third kappa shape index (κ3) is 3.10. The Balaban J connectivity index is 2.52. The molecule has 1 unspecified atom stereocenters. The van der Waals surface area contributed by atoms with Crippen molar-refractivity contribution in [3.05, 3.63) is 68.2 Å². The van der Waals surface area contributed by atoms with Gasteiger partial charge in [-0.25, -0.2) is 8.78 Å². The first-order valence-corrected chi connectivity index (χ1v) is 7.05. The summed E-state index contributed by atoms with van der Waals surface area (Å²) in [6.07, 6.45) is 0. The minimum absolute atomic E-state index is 0.222. The van der Waals surface area contributed by atoms with Gasteiger partial charge in [0.1, 0.15) is 11.6 Å². The topological polar surface area (TPSA) is 0 Å². The fourth-order valence-corrected chi connectivity index (χ4v) is 3.03. The van der Waals surface area contributed by atoms with Crippen LogP contribution >= 0.6 is 39.1 Å². The molecule has 0 nitrogen and oxygen atoms in total. The van der Waals surface area contributed by atoms with Crippen molar-refractivity contribution >= 4 is 39.1 Å². The molecule has 1 atom stereocenters. The lowest BCUT2D eigenvalue weighted by Gasteiger charge is -2.15. The highest BCUT2D eigenvalue weighted by Gasteiger charge is 2.19. The maximum Gasteiger partial charge on any atom is 0.127 e. The van der Waals surface area contributed by atoms with E-state index in [9.17, 15) is 8.78 Å². The van der Waals surface area contributed by atoms with Crippen LogP contribution in [-0.2, 0) is 0 Å². The average Bonchev–Trinajstić information content (AvgIpc) is 2.36. The molecule has 0 fully saturated rings. The summed E-state index contributed by atoms with van der Waals surface area (Å²) < 4.78 is 27.3. The second-order valence-electron chi connectivity index (χ2n) is 4.15. The second kappa shape index (κ2) is 5.78. The number of benzene rings is 2. The van der Waals surface area contributed by atoms with E-state index in [0.717, 1.165) is 0 Å². The van der Waals surface area contributed by atoms with Crippen molar-refractivity contribution in [2.45, 2.75) is 12.3 Å². The molecule has 0 aliphatic heterocycles. The van der Waals surface area contributed by atoms with E-state index in [1.165, 1.54) is 18.2 Å². The summed E-state index contributed by atoms with van der Waals surface area (Å²) in [5.74, 6) is -0.783. The summed E-state index contributed by atoms with van der Waals surface area (Å²) in [7, 11) is 0. The molecule has 0 radical (unpaired) electrons. The predicted octanol–water partition coefficient (Wildman–Crippen LogP) is 6.02. The van der Waals surface area contributed by atoms with Gasteiger partial charge < -0.3 is 0 Å². The van der Waals surface area contributed by atoms with E-state index in [-0.39, 0.29) is 10.8 Å². The van der Waals surface area contributed by atoms with Crippen LogP contribution in [0.5, 0.6) is 0 Å². The molecule has 0 N–H and O–H groups in total. The van der Waals surface area contributed by atoms with E-state index >= 15 is 0 Å². The Labute approximate surface area is 128 Å². The average molecular weight is 366 g/mol. The quantitative estimate of drug-likeness (QED) is 0.571. The maximum atomic E-state index is 13.4. The Morgan fingerprint density at radius 1 is 1.11 bits per heavy atom. The molecule has 2 aromatic rings. The molecule has 0 aliphatic rings. The predicted molar refractivity (Wildman–Crippen MR) is 77.9 cm³/mol. The lowest BCUT2D eigenvalue weighted by atomic mass is 10.0. The SMILES string of the molecule is Cc1cc(C(Cl)c2cc(F)ccc2Br)c(Cl)cc1F. The number of aryl methyl sites for hydroxylation is 1. The van der Waals surface area contributed by atoms with Crippen LogP contribution in [0.15, 0.2) is 34.8 Å². The van der Waals surface area contributed by atoms with Crippen LogP contribution < -0.4 is 0 Å². The Hall–Kier alpha value is -0.640. The molecule has 2 aromatic carbocycles. The van der Waals surface area contributed by atoms with Gasteiger partial charge in [0.05, 0.1) is 5.38 Å². The molecular weight excluding hydrogens is 357 g/mol. The molecule has 0 spiro atoms. The van der Waals surface area contributed by atoms with Gasteiger partial charge in [0.25, 0.3) is 0 Å². The van der Waals surface area contributed by atoms with Gasteiger partial charge in [-0.15, -0.1) is 11.6 Å². The number of rotatable bonds is 2. The van der Waals surface area contributed by atoms with Gasteiger partial charge in [-0.05, 0) is 53.9 Å². The molecular formula is C14H9BrCl2F2. The standard InChI is InChI=1S/C14H9BrCl2F2/c1-7-4-10(12(16)6-13(7)19)14(17)9-5-8(18)2-3-11(9)15/h2-6,14H,1H3. The van der Waals surface area contributed by atoms with E-state index in [1.807, 2.05) is 0 Å². The zero-order chi connectivity index (χ0) is 14.2. The van der Waals surface area contributed by atoms with E-state index < -0.39 is 11.2 Å². The minimum Gasteiger partial charge on any atom is -0.207 e. The first-order chi connectivity index (χ1) is 8.90. The zero-order valence-electron chi connectivity index (χ0n) is 9.85. The van der Waals surface area contributed by atoms with Crippen LogP contribution in [0.25, 0.3) is 0 Å². The summed E-state index contributed by atoms with van der Waals surface area (Å²) in [6, 6.07) is 7.03. The summed E-state index contributed by atoms with van der Waals surface area (Å²) in [6.45, 7) is 1.62. The molecule has 0 heterocycles. The lowest BCUT2D eigenvalue weighted by molar-refractivity contribution is 0.617. The molecule has 0 saturated carbocycles. The summed E-state index contributed by atoms with van der Waals surface area (Å²) in [4.78, 5) is 0. The zero-order valence-corrected chi connectivity index (χ0v) is 13.0. The van der Waals surface area contributed by atoms with Gasteiger partial charge in [-0.3, -0.25) is 0 Å². The third-order valence-corrected chi connectivity index (χ3v) is 4.30. The lowest BCUT2D eigenvalue weighted by Crippen LogP contribution is -1.98. The van der Waals surface area contributed by atoms with E-state index in [1.54, 1.807) is 19.1 Å². The van der Waals surface area contributed by atoms with E-state index in [4.69, 9.17) is 23.2 Å². The van der Waals surface area contributed by atoms with Gasteiger partial charge >= 0.3 is 0 Å². The number of halogens is 5. The molecule has 0 bridgehead atoms. The monoisotopic (exact) mass is 364 g/mol. The Bertz CT molecular complexity index is 629. The van der Waals surface area contributed by atoms with Crippen molar-refractivity contribution in [1.29, 1.82) is 0 Å². The van der Waals surface area contributed by atoms with E-state index in [0.29, 0.717) is 21.2 Å². The molecule has 100 valence electrons. The first-order valence-electron chi connectivity index (χ1n) is 5.44. The van der Waals surface area contributed by atoms with Gasteiger partial charge in [0.15, 0.2) is 0 Å². The normalized spacial score (nSPS) is 12.5. The second-order valence-corrected chi connectivity index (χ2v) is 5.85. The van der Waals surface area contributed by atoms with Crippen molar-refractivity contribution in [3.8, 4) is 0 Å². The van der Waals surface area contributed by atoms with Crippen molar-refractivity contribution in [2.75, 3.05) is 0 Å². The molecule has 0 aromatic heterocycles. The van der Waals surface area contributed by atoms with Gasteiger partial charge in [0.2, 0.25) is 0 Å². The minimum atomic E-state index is -0.656. The van der Waals surface area contributed by atoms with Crippen LogP contribution in [0.1, 0.15) is 22.1 Å². The summed E-state index contributed by atoms with van der Waals surface area (Å²) in [5.41, 5.74) is 1.54. The molecule has 0 saturated heterocycles. The Kier molecular flexibility index (Phi) is 4.49. The van der Waals surface area contributed by atoms with Crippen LogP contribution in [0.3, 0.4) is 0 Å². The molecule has 2 rings (SSSR count). The number of hydrogen-bond acceptors (Lipinski definition) is 0. The Morgan fingerprint density at radius 3 is 2.47 bits per heavy atom. The van der Waals surface area contributed by atoms with Crippen molar-refractivity contribution in [3.63, 3.8) is 0 Å². The first kappa shape index (κ1) is 14.8. The smallest absolute Gasteiger partial charge is 0.127 e. The number of hydrogen-bond donors (Lipinski definition) is 0. The van der Waals surface area contributed by atoms with Gasteiger partial charge in [-0.2, -0.15) is 0 Å². The highest BCUT2D eigenvalue weighted by Crippen LogP contribution is 2.38. The molecule has 0 aliphatic carbocycles. The van der Waals surface area contributed by atoms with Gasteiger partial charge in [-0.1, -0.05) is 27.5 Å². The van der Waals surface area contributed by atoms with Gasteiger partial charge in [0, 0.05) is 9.50 Å². The van der Waals surface area contributed by atoms with Crippen LogP contribution in [-0.4, -0.2) is 0 Å². The van der Waals surface area contributed by atoms with Crippen molar-refractivity contribution in [1.82, 2.24) is 0 Å². The van der Waals surface area contributed by atoms with E-state index in [2.05, 4.69) is 15.9 Å². The highest BCUT2D eigenvalue weighted by molar-refractivity contribution is 9.10. The van der Waals surface area contributed by atoms with Crippen molar-refractivity contribution < 1.29 is 8.78 Å². The fraction of sp³-hybridized carbons (Fsp3) is 0.143. The maximum absolute atomic E-state index is 13.4. The molecule has 19 heavy (non-hydrogen) atoms. The van der Waals surface area contributed by atoms with Crippen LogP contribution in [0.4, 0.5) is 8.78 Å². The highest BCUT2D eigenvalue weighted by atomic mass is 79.9. The fourth-order valence-electron chi connectivity index (χ4n) is 1.75. The summed E-state index contributed by atoms with van der Waals surface area (Å²) >= 11 is 15.7.